The van der Waals surface area contributed by atoms with Crippen molar-refractivity contribution in [1.82, 2.24) is 0 Å². The van der Waals surface area contributed by atoms with Gasteiger partial charge in [-0.25, -0.2) is 0 Å². The molecule has 0 atom stereocenters. The normalized spacial score (nSPS) is 13.4. The summed E-state index contributed by atoms with van der Waals surface area (Å²) < 4.78 is 4.98. The number of methoxy groups -OCH3 is 1. The lowest BCUT2D eigenvalue weighted by molar-refractivity contribution is -0.385. The van der Waals surface area contributed by atoms with Gasteiger partial charge in [0.2, 0.25) is 5.91 Å². The van der Waals surface area contributed by atoms with E-state index in [2.05, 4.69) is 0 Å². The van der Waals surface area contributed by atoms with Crippen LogP contribution in [0.3, 0.4) is 0 Å². The molecule has 1 aromatic carbocycles. The van der Waals surface area contributed by atoms with Crippen LogP contribution >= 0.6 is 0 Å². The zero-order valence-electron chi connectivity index (χ0n) is 9.60. The molecule has 0 radical (unpaired) electrons. The average molecular weight is 236 g/mol. The van der Waals surface area contributed by atoms with Gasteiger partial charge < -0.3 is 9.64 Å². The van der Waals surface area contributed by atoms with E-state index in [9.17, 15) is 14.9 Å². The molecular weight excluding hydrogens is 224 g/mol. The molecule has 0 N–H and O–H groups in total. The molecule has 1 aromatic rings. The Morgan fingerprint density at radius 2 is 2.24 bits per heavy atom. The number of rotatable bonds is 2. The second-order valence-corrected chi connectivity index (χ2v) is 3.83. The van der Waals surface area contributed by atoms with Crippen molar-refractivity contribution < 1.29 is 14.5 Å². The van der Waals surface area contributed by atoms with Crippen molar-refractivity contribution in [2.45, 2.75) is 13.3 Å². The van der Waals surface area contributed by atoms with Crippen molar-refractivity contribution in [1.29, 1.82) is 0 Å². The third-order valence-corrected chi connectivity index (χ3v) is 2.85. The molecule has 0 bridgehead atoms. The van der Waals surface area contributed by atoms with Gasteiger partial charge in [0.15, 0.2) is 5.75 Å². The number of ether oxygens (including phenoxy) is 1. The molecule has 1 aliphatic heterocycles. The molecule has 90 valence electrons. The number of nitro groups is 1. The molecule has 0 aliphatic carbocycles. The summed E-state index contributed by atoms with van der Waals surface area (Å²) in [5.41, 5.74) is 1.41. The van der Waals surface area contributed by atoms with Gasteiger partial charge in [0.1, 0.15) is 0 Å². The van der Waals surface area contributed by atoms with Gasteiger partial charge in [0.05, 0.1) is 17.7 Å². The first-order chi connectivity index (χ1) is 8.04. The average Bonchev–Trinajstić information content (AvgIpc) is 2.69. The Bertz CT molecular complexity index is 498. The van der Waals surface area contributed by atoms with E-state index >= 15 is 0 Å². The van der Waals surface area contributed by atoms with Crippen molar-refractivity contribution in [3.05, 3.63) is 27.8 Å². The summed E-state index contributed by atoms with van der Waals surface area (Å²) >= 11 is 0. The van der Waals surface area contributed by atoms with E-state index in [0.717, 1.165) is 5.56 Å². The van der Waals surface area contributed by atoms with E-state index < -0.39 is 4.92 Å². The van der Waals surface area contributed by atoms with Crippen LogP contribution in [0.25, 0.3) is 0 Å². The molecule has 1 heterocycles. The first kappa shape index (κ1) is 11.4. The summed E-state index contributed by atoms with van der Waals surface area (Å²) in [6, 6.07) is 3.04. The molecule has 0 aromatic heterocycles. The van der Waals surface area contributed by atoms with Gasteiger partial charge in [0.25, 0.3) is 0 Å². The van der Waals surface area contributed by atoms with E-state index in [1.165, 1.54) is 20.1 Å². The number of nitro benzene ring substituents is 1. The molecule has 17 heavy (non-hydrogen) atoms. The maximum atomic E-state index is 11.4. The topological polar surface area (TPSA) is 72.7 Å². The van der Waals surface area contributed by atoms with Gasteiger partial charge in [-0.2, -0.15) is 0 Å². The molecule has 6 nitrogen and oxygen atoms in total. The lowest BCUT2D eigenvalue weighted by atomic mass is 10.1. The number of anilines is 1. The summed E-state index contributed by atoms with van der Waals surface area (Å²) in [5, 5.41) is 10.9. The van der Waals surface area contributed by atoms with Crippen molar-refractivity contribution in [3.8, 4) is 5.75 Å². The van der Waals surface area contributed by atoms with E-state index in [-0.39, 0.29) is 17.3 Å². The third kappa shape index (κ3) is 1.82. The molecule has 0 saturated heterocycles. The van der Waals surface area contributed by atoms with Crippen LogP contribution in [0.5, 0.6) is 5.75 Å². The molecule has 0 unspecified atom stereocenters. The third-order valence-electron chi connectivity index (χ3n) is 2.85. The van der Waals surface area contributed by atoms with E-state index in [1.807, 2.05) is 0 Å². The lowest BCUT2D eigenvalue weighted by Gasteiger charge is -2.14. The number of hydrogen-bond acceptors (Lipinski definition) is 4. The van der Waals surface area contributed by atoms with Gasteiger partial charge >= 0.3 is 5.69 Å². The highest BCUT2D eigenvalue weighted by atomic mass is 16.6. The Hall–Kier alpha value is -2.11. The first-order valence-electron chi connectivity index (χ1n) is 5.18. The molecule has 0 saturated carbocycles. The highest BCUT2D eigenvalue weighted by Crippen LogP contribution is 2.38. The van der Waals surface area contributed by atoms with E-state index in [1.54, 1.807) is 11.0 Å². The molecule has 6 heteroatoms. The highest BCUT2D eigenvalue weighted by molar-refractivity contribution is 5.94. The molecular formula is C11H12N2O4. The largest absolute Gasteiger partial charge is 0.490 e. The maximum absolute atomic E-state index is 11.4. The quantitative estimate of drug-likeness (QED) is 0.576. The van der Waals surface area contributed by atoms with Crippen LogP contribution in [0, 0.1) is 10.1 Å². The Balaban J connectivity index is 2.55. The first-order valence-corrected chi connectivity index (χ1v) is 5.18. The van der Waals surface area contributed by atoms with Crippen LogP contribution in [-0.4, -0.2) is 24.5 Å². The highest BCUT2D eigenvalue weighted by Gasteiger charge is 2.27. The fraction of sp³-hybridized carbons (Fsp3) is 0.364. The molecule has 1 aliphatic rings. The number of benzene rings is 1. The second-order valence-electron chi connectivity index (χ2n) is 3.83. The standard InChI is InChI=1S/C11H12N2O4/c1-7(14)12-4-3-8-5-11(17-2)10(13(15)16)6-9(8)12/h5-6H,3-4H2,1-2H3. The summed E-state index contributed by atoms with van der Waals surface area (Å²) in [5.74, 6) is 0.127. The summed E-state index contributed by atoms with van der Waals surface area (Å²) in [6.07, 6.45) is 0.698. The number of carbonyl (C=O) groups excluding carboxylic acids is 1. The fourth-order valence-electron chi connectivity index (χ4n) is 2.04. The van der Waals surface area contributed by atoms with Gasteiger partial charge in [-0.3, -0.25) is 14.9 Å². The predicted molar refractivity (Wildman–Crippen MR) is 61.4 cm³/mol. The number of fused-ring (bicyclic) bond motifs is 1. The van der Waals surface area contributed by atoms with E-state index in [4.69, 9.17) is 4.74 Å². The zero-order valence-corrected chi connectivity index (χ0v) is 9.60. The number of hydrogen-bond donors (Lipinski definition) is 0. The Kier molecular flexibility index (Phi) is 2.71. The number of nitrogens with zero attached hydrogens (tertiary/aromatic N) is 2. The second kappa shape index (κ2) is 4.04. The predicted octanol–water partition coefficient (Wildman–Crippen LogP) is 1.51. The molecule has 1 amide bonds. The number of amides is 1. The Labute approximate surface area is 97.9 Å². The molecule has 2 rings (SSSR count). The van der Waals surface area contributed by atoms with Crippen LogP contribution in [0.2, 0.25) is 0 Å². The van der Waals surface area contributed by atoms with Crippen molar-refractivity contribution in [3.63, 3.8) is 0 Å². The Morgan fingerprint density at radius 1 is 1.53 bits per heavy atom. The minimum atomic E-state index is -0.504. The van der Waals surface area contributed by atoms with Gasteiger partial charge in [-0.1, -0.05) is 0 Å². The van der Waals surface area contributed by atoms with Crippen LogP contribution in [0.15, 0.2) is 12.1 Å². The van der Waals surface area contributed by atoms with Crippen molar-refractivity contribution in [2.24, 2.45) is 0 Å². The van der Waals surface area contributed by atoms with Crippen molar-refractivity contribution in [2.75, 3.05) is 18.6 Å². The summed E-state index contributed by atoms with van der Waals surface area (Å²) in [6.45, 7) is 2.01. The minimum absolute atomic E-state index is 0.108. The summed E-state index contributed by atoms with van der Waals surface area (Å²) in [7, 11) is 1.40. The number of carbonyl (C=O) groups is 1. The van der Waals surface area contributed by atoms with Crippen LogP contribution in [-0.2, 0) is 11.2 Å². The lowest BCUT2D eigenvalue weighted by Crippen LogP contribution is -2.25. The van der Waals surface area contributed by atoms with Gasteiger partial charge in [-0.15, -0.1) is 0 Å². The van der Waals surface area contributed by atoms with Gasteiger partial charge in [-0.05, 0) is 18.1 Å². The van der Waals surface area contributed by atoms with Crippen LogP contribution < -0.4 is 9.64 Å². The van der Waals surface area contributed by atoms with Gasteiger partial charge in [0, 0.05) is 19.5 Å². The van der Waals surface area contributed by atoms with Crippen LogP contribution in [0.1, 0.15) is 12.5 Å². The SMILES string of the molecule is COc1cc2c(cc1[N+](=O)[O-])N(C(C)=O)CC2. The van der Waals surface area contributed by atoms with E-state index in [0.29, 0.717) is 18.7 Å². The zero-order chi connectivity index (χ0) is 12.6. The minimum Gasteiger partial charge on any atom is -0.490 e. The Morgan fingerprint density at radius 3 is 2.76 bits per heavy atom. The van der Waals surface area contributed by atoms with Crippen LogP contribution in [0.4, 0.5) is 11.4 Å². The summed E-state index contributed by atoms with van der Waals surface area (Å²) in [4.78, 5) is 23.3. The maximum Gasteiger partial charge on any atom is 0.313 e. The van der Waals surface area contributed by atoms with Crippen molar-refractivity contribution >= 4 is 17.3 Å². The fourth-order valence-corrected chi connectivity index (χ4v) is 2.04. The molecule has 0 fully saturated rings. The smallest absolute Gasteiger partial charge is 0.313 e. The monoisotopic (exact) mass is 236 g/mol. The molecule has 0 spiro atoms.